The molecule has 10 heteroatoms. The van der Waals surface area contributed by atoms with Crippen LogP contribution < -0.4 is 4.74 Å². The number of ether oxygens (including phenoxy) is 1. The van der Waals surface area contributed by atoms with E-state index in [4.69, 9.17) is 39.5 Å². The highest BCUT2D eigenvalue weighted by atomic mass is 35.5. The number of hydrogen-bond donors (Lipinski definition) is 0. The number of halogens is 3. The van der Waals surface area contributed by atoms with E-state index >= 15 is 0 Å². The molecule has 0 spiro atoms. The van der Waals surface area contributed by atoms with Crippen molar-refractivity contribution in [3.05, 3.63) is 57.0 Å². The molecule has 0 unspecified atom stereocenters. The highest BCUT2D eigenvalue weighted by Crippen LogP contribution is 2.32. The summed E-state index contributed by atoms with van der Waals surface area (Å²) in [6, 6.07) is 9.33. The number of methoxy groups -OCH3 is 1. The van der Waals surface area contributed by atoms with Gasteiger partial charge in [0.05, 0.1) is 22.7 Å². The number of amides is 1. The molecule has 0 aromatic heterocycles. The summed E-state index contributed by atoms with van der Waals surface area (Å²) < 4.78 is 32.4. The zero-order valence-corrected chi connectivity index (χ0v) is 17.9. The first-order valence-corrected chi connectivity index (χ1v) is 10.9. The van der Waals surface area contributed by atoms with Gasteiger partial charge in [-0.1, -0.05) is 40.9 Å². The number of hydrogen-bond acceptors (Lipinski definition) is 4. The van der Waals surface area contributed by atoms with Crippen LogP contribution >= 0.6 is 34.8 Å². The van der Waals surface area contributed by atoms with Gasteiger partial charge in [-0.05, 0) is 30.3 Å². The fourth-order valence-corrected chi connectivity index (χ4v) is 5.69. The Morgan fingerprint density at radius 2 is 1.61 bits per heavy atom. The van der Waals surface area contributed by atoms with Gasteiger partial charge >= 0.3 is 0 Å². The Bertz CT molecular complexity index is 986. The Morgan fingerprint density at radius 3 is 2.18 bits per heavy atom. The van der Waals surface area contributed by atoms with Crippen LogP contribution in [0.15, 0.2) is 41.3 Å². The molecule has 1 fully saturated rings. The average Bonchev–Trinajstić information content (AvgIpc) is 2.67. The lowest BCUT2D eigenvalue weighted by Gasteiger charge is -2.34. The van der Waals surface area contributed by atoms with E-state index in [1.165, 1.54) is 29.6 Å². The summed E-state index contributed by atoms with van der Waals surface area (Å²) >= 11 is 18.1. The van der Waals surface area contributed by atoms with Crippen LogP contribution in [0.5, 0.6) is 5.75 Å². The third-order valence-corrected chi connectivity index (χ3v) is 7.52. The Morgan fingerprint density at radius 1 is 1.00 bits per heavy atom. The van der Waals surface area contributed by atoms with E-state index in [-0.39, 0.29) is 47.0 Å². The summed E-state index contributed by atoms with van der Waals surface area (Å²) in [4.78, 5) is 14.3. The summed E-state index contributed by atoms with van der Waals surface area (Å²) in [5.41, 5.74) is 0.334. The SMILES string of the molecule is COc1ccc(Cl)cc1C(=O)N1CCN(S(=O)(=O)c2c(Cl)cccc2Cl)CC1. The molecule has 28 heavy (non-hydrogen) atoms. The molecule has 0 radical (unpaired) electrons. The summed E-state index contributed by atoms with van der Waals surface area (Å²) in [5.74, 6) is 0.138. The number of sulfonamides is 1. The van der Waals surface area contributed by atoms with Crippen LogP contribution in [0.3, 0.4) is 0 Å². The van der Waals surface area contributed by atoms with Crippen molar-refractivity contribution in [1.29, 1.82) is 0 Å². The maximum atomic E-state index is 12.9. The number of carbonyl (C=O) groups excluding carboxylic acids is 1. The Labute approximate surface area is 178 Å². The van der Waals surface area contributed by atoms with Crippen LogP contribution in [-0.4, -0.2) is 56.8 Å². The molecule has 2 aromatic rings. The van der Waals surface area contributed by atoms with E-state index < -0.39 is 10.0 Å². The quantitative estimate of drug-likeness (QED) is 0.692. The van der Waals surface area contributed by atoms with Crippen LogP contribution in [-0.2, 0) is 10.0 Å². The van der Waals surface area contributed by atoms with E-state index in [0.29, 0.717) is 16.3 Å². The molecule has 1 amide bonds. The normalized spacial score (nSPS) is 15.5. The second-order valence-corrected chi connectivity index (χ2v) is 9.22. The zero-order valence-electron chi connectivity index (χ0n) is 14.9. The van der Waals surface area contributed by atoms with Crippen molar-refractivity contribution >= 4 is 50.7 Å². The molecule has 3 rings (SSSR count). The highest BCUT2D eigenvalue weighted by Gasteiger charge is 2.33. The van der Waals surface area contributed by atoms with E-state index in [0.717, 1.165) is 0 Å². The van der Waals surface area contributed by atoms with E-state index in [2.05, 4.69) is 0 Å². The standard InChI is InChI=1S/C18H17Cl3N2O4S/c1-27-16-6-5-12(19)11-13(16)18(24)22-7-9-23(10-8-22)28(25,26)17-14(20)3-2-4-15(17)21/h2-6,11H,7-10H2,1H3. The van der Waals surface area contributed by atoms with Crippen LogP contribution in [0.4, 0.5) is 0 Å². The van der Waals surface area contributed by atoms with Gasteiger partial charge in [-0.25, -0.2) is 8.42 Å². The van der Waals surface area contributed by atoms with Gasteiger partial charge in [-0.3, -0.25) is 4.79 Å². The van der Waals surface area contributed by atoms with E-state index in [9.17, 15) is 13.2 Å². The third kappa shape index (κ3) is 4.09. The topological polar surface area (TPSA) is 66.9 Å². The van der Waals surface area contributed by atoms with Gasteiger partial charge in [0, 0.05) is 31.2 Å². The number of benzene rings is 2. The highest BCUT2D eigenvalue weighted by molar-refractivity contribution is 7.89. The molecule has 1 heterocycles. The number of piperazine rings is 1. The Balaban J connectivity index is 1.78. The molecule has 0 bridgehead atoms. The molecule has 1 saturated heterocycles. The van der Waals surface area contributed by atoms with Crippen molar-refractivity contribution in [2.24, 2.45) is 0 Å². The van der Waals surface area contributed by atoms with Gasteiger partial charge in [-0.15, -0.1) is 0 Å². The average molecular weight is 464 g/mol. The lowest BCUT2D eigenvalue weighted by Crippen LogP contribution is -2.50. The summed E-state index contributed by atoms with van der Waals surface area (Å²) in [7, 11) is -2.40. The minimum absolute atomic E-state index is 0.0645. The van der Waals surface area contributed by atoms with Crippen LogP contribution in [0.2, 0.25) is 15.1 Å². The minimum atomic E-state index is -3.87. The maximum Gasteiger partial charge on any atom is 0.257 e. The van der Waals surface area contributed by atoms with Crippen LogP contribution in [0.25, 0.3) is 0 Å². The first kappa shape index (κ1) is 21.2. The first-order chi connectivity index (χ1) is 13.3. The van der Waals surface area contributed by atoms with Gasteiger partial charge in [0.1, 0.15) is 10.6 Å². The predicted molar refractivity (Wildman–Crippen MR) is 109 cm³/mol. The smallest absolute Gasteiger partial charge is 0.257 e. The molecule has 0 aliphatic carbocycles. The van der Waals surface area contributed by atoms with Gasteiger partial charge < -0.3 is 9.64 Å². The molecule has 0 N–H and O–H groups in total. The lowest BCUT2D eigenvalue weighted by molar-refractivity contribution is 0.0694. The molecule has 1 aliphatic heterocycles. The minimum Gasteiger partial charge on any atom is -0.496 e. The second-order valence-electron chi connectivity index (χ2n) is 6.09. The number of carbonyl (C=O) groups is 1. The van der Waals surface area contributed by atoms with Crippen molar-refractivity contribution in [1.82, 2.24) is 9.21 Å². The van der Waals surface area contributed by atoms with Crippen molar-refractivity contribution in [3.63, 3.8) is 0 Å². The fraction of sp³-hybridized carbons (Fsp3) is 0.278. The van der Waals surface area contributed by atoms with Gasteiger partial charge in [-0.2, -0.15) is 4.31 Å². The summed E-state index contributed by atoms with van der Waals surface area (Å²) in [6.45, 7) is 0.683. The fourth-order valence-electron chi connectivity index (χ4n) is 3.01. The second kappa shape index (κ2) is 8.47. The van der Waals surface area contributed by atoms with Gasteiger partial charge in [0.15, 0.2) is 0 Å². The monoisotopic (exact) mass is 462 g/mol. The zero-order chi connectivity index (χ0) is 20.5. The molecule has 2 aromatic carbocycles. The third-order valence-electron chi connectivity index (χ3n) is 4.43. The number of nitrogens with zero attached hydrogens (tertiary/aromatic N) is 2. The van der Waals surface area contributed by atoms with E-state index in [1.807, 2.05) is 0 Å². The predicted octanol–water partition coefficient (Wildman–Crippen LogP) is 3.80. The Hall–Kier alpha value is -1.51. The van der Waals surface area contributed by atoms with Crippen molar-refractivity contribution in [2.75, 3.05) is 33.3 Å². The van der Waals surface area contributed by atoms with Gasteiger partial charge in [0.25, 0.3) is 5.91 Å². The molecule has 6 nitrogen and oxygen atoms in total. The Kier molecular flexibility index (Phi) is 6.41. The molecular weight excluding hydrogens is 447 g/mol. The number of rotatable bonds is 4. The lowest BCUT2D eigenvalue weighted by atomic mass is 10.1. The molecular formula is C18H17Cl3N2O4S. The summed E-state index contributed by atoms with van der Waals surface area (Å²) in [5, 5.41) is 0.545. The van der Waals surface area contributed by atoms with Crippen molar-refractivity contribution < 1.29 is 17.9 Å². The molecule has 0 saturated carbocycles. The van der Waals surface area contributed by atoms with Crippen LogP contribution in [0.1, 0.15) is 10.4 Å². The van der Waals surface area contributed by atoms with Crippen molar-refractivity contribution in [3.8, 4) is 5.75 Å². The van der Waals surface area contributed by atoms with Gasteiger partial charge in [0.2, 0.25) is 10.0 Å². The van der Waals surface area contributed by atoms with Crippen LogP contribution in [0, 0.1) is 0 Å². The molecule has 150 valence electrons. The molecule has 0 atom stereocenters. The van der Waals surface area contributed by atoms with E-state index in [1.54, 1.807) is 23.1 Å². The molecule has 1 aliphatic rings. The first-order valence-electron chi connectivity index (χ1n) is 8.32. The van der Waals surface area contributed by atoms with Crippen molar-refractivity contribution in [2.45, 2.75) is 4.90 Å². The largest absolute Gasteiger partial charge is 0.496 e. The maximum absolute atomic E-state index is 12.9. The summed E-state index contributed by atoms with van der Waals surface area (Å²) in [6.07, 6.45) is 0.